The fourth-order valence-corrected chi connectivity index (χ4v) is 5.29. The fourth-order valence-electron chi connectivity index (χ4n) is 4.48. The largest absolute Gasteiger partial charge is 0.350 e. The van der Waals surface area contributed by atoms with Crippen LogP contribution in [0.4, 0.5) is 0 Å². The highest BCUT2D eigenvalue weighted by Crippen LogP contribution is 2.28. The van der Waals surface area contributed by atoms with E-state index in [1.807, 2.05) is 57.5 Å². The predicted octanol–water partition coefficient (Wildman–Crippen LogP) is 3.97. The van der Waals surface area contributed by atoms with Gasteiger partial charge in [0.15, 0.2) is 0 Å². The number of nitrogens with one attached hydrogen (secondary N) is 2. The molecule has 0 radical (unpaired) electrons. The number of carbonyl (C=O) groups excluding carboxylic acids is 3. The predicted molar refractivity (Wildman–Crippen MR) is 144 cm³/mol. The van der Waals surface area contributed by atoms with Gasteiger partial charge < -0.3 is 15.5 Å². The number of amides is 3. The van der Waals surface area contributed by atoms with Gasteiger partial charge in [-0.2, -0.15) is 0 Å². The Hall–Kier alpha value is -3.59. The minimum Gasteiger partial charge on any atom is -0.350 e. The minimum atomic E-state index is -0.793. The summed E-state index contributed by atoms with van der Waals surface area (Å²) in [4.78, 5) is 50.7. The normalized spacial score (nSPS) is 16.3. The first kappa shape index (κ1) is 26.5. The number of nitrogens with zero attached hydrogens (tertiary/aromatic N) is 3. The van der Waals surface area contributed by atoms with E-state index >= 15 is 0 Å². The fraction of sp³-hybridized carbons (Fsp3) is 0.393. The SMILES string of the molecule is Cc1ncsc1-c1ccc(CNC(=O)[C@@H]2CCCN2C(=O)C(NC(=O)c2ccccn2)C(C)(C)C)cc1. The van der Waals surface area contributed by atoms with Crippen molar-refractivity contribution in [1.29, 1.82) is 0 Å². The number of likely N-dealkylation sites (tertiary alicyclic amines) is 1. The second-order valence-corrected chi connectivity index (χ2v) is 11.2. The molecule has 0 bridgehead atoms. The van der Waals surface area contributed by atoms with Crippen molar-refractivity contribution < 1.29 is 14.4 Å². The third kappa shape index (κ3) is 6.22. The van der Waals surface area contributed by atoms with Gasteiger partial charge in [0.1, 0.15) is 17.8 Å². The van der Waals surface area contributed by atoms with Gasteiger partial charge in [0.25, 0.3) is 5.91 Å². The average molecular weight is 520 g/mol. The number of hydrogen-bond acceptors (Lipinski definition) is 6. The number of rotatable bonds is 7. The van der Waals surface area contributed by atoms with Crippen LogP contribution in [0.15, 0.2) is 54.2 Å². The molecule has 1 fully saturated rings. The van der Waals surface area contributed by atoms with Crippen molar-refractivity contribution >= 4 is 29.1 Å². The molecular weight excluding hydrogens is 486 g/mol. The maximum Gasteiger partial charge on any atom is 0.270 e. The first-order chi connectivity index (χ1) is 17.6. The molecule has 1 saturated heterocycles. The Balaban J connectivity index is 1.40. The molecule has 194 valence electrons. The zero-order valence-corrected chi connectivity index (χ0v) is 22.5. The van der Waals surface area contributed by atoms with Gasteiger partial charge in [-0.1, -0.05) is 51.1 Å². The monoisotopic (exact) mass is 519 g/mol. The van der Waals surface area contributed by atoms with E-state index in [-0.39, 0.29) is 17.5 Å². The van der Waals surface area contributed by atoms with E-state index in [0.29, 0.717) is 19.5 Å². The minimum absolute atomic E-state index is 0.183. The van der Waals surface area contributed by atoms with Crippen LogP contribution in [0.2, 0.25) is 0 Å². The summed E-state index contributed by atoms with van der Waals surface area (Å²) in [5.74, 6) is -0.846. The van der Waals surface area contributed by atoms with Gasteiger partial charge in [-0.05, 0) is 48.4 Å². The summed E-state index contributed by atoms with van der Waals surface area (Å²) < 4.78 is 0. The van der Waals surface area contributed by atoms with Crippen LogP contribution >= 0.6 is 11.3 Å². The molecule has 2 N–H and O–H groups in total. The number of benzene rings is 1. The van der Waals surface area contributed by atoms with Crippen LogP contribution < -0.4 is 10.6 Å². The summed E-state index contributed by atoms with van der Waals surface area (Å²) in [6, 6.07) is 11.8. The van der Waals surface area contributed by atoms with Crippen LogP contribution in [-0.4, -0.2) is 51.2 Å². The van der Waals surface area contributed by atoms with Crippen LogP contribution in [0.25, 0.3) is 10.4 Å². The van der Waals surface area contributed by atoms with Crippen molar-refractivity contribution in [3.63, 3.8) is 0 Å². The van der Waals surface area contributed by atoms with Crippen molar-refractivity contribution in [2.24, 2.45) is 5.41 Å². The van der Waals surface area contributed by atoms with E-state index in [0.717, 1.165) is 28.1 Å². The summed E-state index contributed by atoms with van der Waals surface area (Å²) in [6.07, 6.45) is 2.86. The Morgan fingerprint density at radius 1 is 1.11 bits per heavy atom. The molecule has 2 atom stereocenters. The van der Waals surface area contributed by atoms with Crippen molar-refractivity contribution in [2.75, 3.05) is 6.54 Å². The number of pyridine rings is 1. The molecule has 3 aromatic rings. The Morgan fingerprint density at radius 3 is 2.49 bits per heavy atom. The Kier molecular flexibility index (Phi) is 8.02. The molecule has 4 rings (SSSR count). The molecule has 1 aliphatic rings. The molecule has 1 aromatic carbocycles. The first-order valence-electron chi connectivity index (χ1n) is 12.4. The molecule has 3 heterocycles. The lowest BCUT2D eigenvalue weighted by Gasteiger charge is -2.35. The van der Waals surface area contributed by atoms with Crippen LogP contribution in [0.5, 0.6) is 0 Å². The van der Waals surface area contributed by atoms with E-state index in [1.54, 1.807) is 34.4 Å². The Labute approximate surface area is 221 Å². The van der Waals surface area contributed by atoms with E-state index in [1.165, 1.54) is 6.20 Å². The maximum absolute atomic E-state index is 13.6. The topological polar surface area (TPSA) is 104 Å². The van der Waals surface area contributed by atoms with Gasteiger partial charge in [0.05, 0.1) is 16.1 Å². The molecule has 37 heavy (non-hydrogen) atoms. The summed E-state index contributed by atoms with van der Waals surface area (Å²) in [7, 11) is 0. The van der Waals surface area contributed by atoms with Gasteiger partial charge in [-0.3, -0.25) is 19.4 Å². The molecular formula is C28H33N5O3S. The lowest BCUT2D eigenvalue weighted by Crippen LogP contribution is -2.57. The lowest BCUT2D eigenvalue weighted by atomic mass is 9.85. The van der Waals surface area contributed by atoms with Crippen molar-refractivity contribution in [2.45, 2.75) is 59.2 Å². The van der Waals surface area contributed by atoms with Crippen molar-refractivity contribution in [3.05, 3.63) is 71.1 Å². The van der Waals surface area contributed by atoms with Crippen molar-refractivity contribution in [3.8, 4) is 10.4 Å². The molecule has 2 aromatic heterocycles. The zero-order valence-electron chi connectivity index (χ0n) is 21.7. The van der Waals surface area contributed by atoms with Crippen LogP contribution in [-0.2, 0) is 16.1 Å². The van der Waals surface area contributed by atoms with Crippen molar-refractivity contribution in [1.82, 2.24) is 25.5 Å². The first-order valence-corrected chi connectivity index (χ1v) is 13.3. The lowest BCUT2D eigenvalue weighted by molar-refractivity contribution is -0.141. The molecule has 1 unspecified atom stereocenters. The number of hydrogen-bond donors (Lipinski definition) is 2. The van der Waals surface area contributed by atoms with Crippen LogP contribution in [0, 0.1) is 12.3 Å². The second kappa shape index (κ2) is 11.2. The summed E-state index contributed by atoms with van der Waals surface area (Å²) in [5.41, 5.74) is 4.61. The standard InChI is InChI=1S/C28H33N5O3S/c1-18-23(37-17-31-18)20-12-10-19(11-13-20)16-30-26(35)22-9-7-15-33(22)27(36)24(28(2,3)4)32-25(34)21-8-5-6-14-29-21/h5-6,8,10-14,17,22,24H,7,9,15-16H2,1-4H3,(H,30,35)(H,32,34)/t22-,24?/m0/s1. The molecule has 0 spiro atoms. The maximum atomic E-state index is 13.6. The van der Waals surface area contributed by atoms with Gasteiger partial charge in [-0.15, -0.1) is 11.3 Å². The van der Waals surface area contributed by atoms with Crippen LogP contribution in [0.3, 0.4) is 0 Å². The van der Waals surface area contributed by atoms with Gasteiger partial charge >= 0.3 is 0 Å². The van der Waals surface area contributed by atoms with Gasteiger partial charge in [0.2, 0.25) is 11.8 Å². The highest BCUT2D eigenvalue weighted by molar-refractivity contribution is 7.13. The van der Waals surface area contributed by atoms with Gasteiger partial charge in [0, 0.05) is 19.3 Å². The van der Waals surface area contributed by atoms with E-state index in [2.05, 4.69) is 20.6 Å². The smallest absolute Gasteiger partial charge is 0.270 e. The number of aryl methyl sites for hydroxylation is 1. The molecule has 9 heteroatoms. The number of thiazole rings is 1. The summed E-state index contributed by atoms with van der Waals surface area (Å²) >= 11 is 1.60. The van der Waals surface area contributed by atoms with Crippen LogP contribution in [0.1, 0.15) is 55.4 Å². The average Bonchev–Trinajstić information content (AvgIpc) is 3.55. The van der Waals surface area contributed by atoms with E-state index in [4.69, 9.17) is 0 Å². The third-order valence-corrected chi connectivity index (χ3v) is 7.53. The Morgan fingerprint density at radius 2 is 1.86 bits per heavy atom. The summed E-state index contributed by atoms with van der Waals surface area (Å²) in [6.45, 7) is 8.54. The molecule has 3 amide bonds. The Bertz CT molecular complexity index is 1250. The number of aromatic nitrogens is 2. The summed E-state index contributed by atoms with van der Waals surface area (Å²) in [5, 5.41) is 5.86. The quantitative estimate of drug-likeness (QED) is 0.492. The van der Waals surface area contributed by atoms with E-state index < -0.39 is 23.4 Å². The molecule has 8 nitrogen and oxygen atoms in total. The molecule has 0 saturated carbocycles. The zero-order chi connectivity index (χ0) is 26.6. The van der Waals surface area contributed by atoms with E-state index in [9.17, 15) is 14.4 Å². The highest BCUT2D eigenvalue weighted by Gasteiger charge is 2.42. The molecule has 1 aliphatic heterocycles. The third-order valence-electron chi connectivity index (χ3n) is 6.55. The highest BCUT2D eigenvalue weighted by atomic mass is 32.1. The number of carbonyl (C=O) groups is 3. The van der Waals surface area contributed by atoms with Gasteiger partial charge in [-0.25, -0.2) is 4.98 Å². The second-order valence-electron chi connectivity index (χ2n) is 10.4. The molecule has 0 aliphatic carbocycles.